The summed E-state index contributed by atoms with van der Waals surface area (Å²) in [5, 5.41) is 12.0. The SMILES string of the molecule is Cc1ccc(CC(=O)NC(CCO)C2CC2)cn1. The zero-order valence-corrected chi connectivity index (χ0v) is 10.7. The number of aromatic nitrogens is 1. The highest BCUT2D eigenvalue weighted by molar-refractivity contribution is 5.78. The van der Waals surface area contributed by atoms with Crippen LogP contribution in [0.25, 0.3) is 0 Å². The average molecular weight is 248 g/mol. The summed E-state index contributed by atoms with van der Waals surface area (Å²) in [7, 11) is 0. The van der Waals surface area contributed by atoms with Gasteiger partial charge in [-0.3, -0.25) is 9.78 Å². The van der Waals surface area contributed by atoms with Crippen molar-refractivity contribution in [2.24, 2.45) is 5.92 Å². The zero-order chi connectivity index (χ0) is 13.0. The number of aryl methyl sites for hydroxylation is 1. The first-order valence-corrected chi connectivity index (χ1v) is 6.51. The van der Waals surface area contributed by atoms with E-state index in [1.54, 1.807) is 6.20 Å². The number of hydrogen-bond acceptors (Lipinski definition) is 3. The number of rotatable bonds is 6. The Balaban J connectivity index is 1.85. The van der Waals surface area contributed by atoms with Crippen LogP contribution in [0, 0.1) is 12.8 Å². The van der Waals surface area contributed by atoms with Crippen LogP contribution in [0.15, 0.2) is 18.3 Å². The third-order valence-electron chi connectivity index (χ3n) is 3.31. The van der Waals surface area contributed by atoms with Crippen molar-refractivity contribution in [3.63, 3.8) is 0 Å². The molecule has 1 aromatic rings. The number of aliphatic hydroxyl groups excluding tert-OH is 1. The van der Waals surface area contributed by atoms with Gasteiger partial charge in [0.15, 0.2) is 0 Å². The van der Waals surface area contributed by atoms with Gasteiger partial charge in [-0.2, -0.15) is 0 Å². The van der Waals surface area contributed by atoms with Crippen LogP contribution in [-0.2, 0) is 11.2 Å². The summed E-state index contributed by atoms with van der Waals surface area (Å²) in [5.41, 5.74) is 1.88. The van der Waals surface area contributed by atoms with E-state index in [1.807, 2.05) is 19.1 Å². The third-order valence-corrected chi connectivity index (χ3v) is 3.31. The Morgan fingerprint density at radius 3 is 2.89 bits per heavy atom. The van der Waals surface area contributed by atoms with E-state index in [4.69, 9.17) is 5.11 Å². The fourth-order valence-corrected chi connectivity index (χ4v) is 2.11. The van der Waals surface area contributed by atoms with Crippen LogP contribution in [0.4, 0.5) is 0 Å². The lowest BCUT2D eigenvalue weighted by atomic mass is 10.1. The van der Waals surface area contributed by atoms with Crippen molar-refractivity contribution in [3.8, 4) is 0 Å². The molecule has 98 valence electrons. The van der Waals surface area contributed by atoms with Gasteiger partial charge in [0.1, 0.15) is 0 Å². The van der Waals surface area contributed by atoms with Crippen molar-refractivity contribution < 1.29 is 9.90 Å². The van der Waals surface area contributed by atoms with Gasteiger partial charge < -0.3 is 10.4 Å². The molecule has 1 heterocycles. The lowest BCUT2D eigenvalue weighted by Crippen LogP contribution is -2.38. The molecule has 18 heavy (non-hydrogen) atoms. The molecule has 1 saturated carbocycles. The molecule has 0 aliphatic heterocycles. The van der Waals surface area contributed by atoms with Crippen molar-refractivity contribution in [2.75, 3.05) is 6.61 Å². The number of nitrogens with one attached hydrogen (secondary N) is 1. The summed E-state index contributed by atoms with van der Waals surface area (Å²) in [4.78, 5) is 16.1. The zero-order valence-electron chi connectivity index (χ0n) is 10.7. The number of carbonyl (C=O) groups excluding carboxylic acids is 1. The number of carbonyl (C=O) groups is 1. The minimum Gasteiger partial charge on any atom is -0.396 e. The van der Waals surface area contributed by atoms with E-state index < -0.39 is 0 Å². The number of nitrogens with zero attached hydrogens (tertiary/aromatic N) is 1. The van der Waals surface area contributed by atoms with Gasteiger partial charge in [-0.1, -0.05) is 6.07 Å². The van der Waals surface area contributed by atoms with Crippen LogP contribution in [0.3, 0.4) is 0 Å². The van der Waals surface area contributed by atoms with E-state index in [1.165, 1.54) is 0 Å². The Morgan fingerprint density at radius 1 is 1.56 bits per heavy atom. The monoisotopic (exact) mass is 248 g/mol. The Morgan fingerprint density at radius 2 is 2.33 bits per heavy atom. The smallest absolute Gasteiger partial charge is 0.224 e. The van der Waals surface area contributed by atoms with Crippen molar-refractivity contribution in [1.82, 2.24) is 10.3 Å². The first-order valence-electron chi connectivity index (χ1n) is 6.51. The number of pyridine rings is 1. The highest BCUT2D eigenvalue weighted by Gasteiger charge is 2.31. The van der Waals surface area contributed by atoms with Gasteiger partial charge in [-0.25, -0.2) is 0 Å². The van der Waals surface area contributed by atoms with E-state index in [-0.39, 0.29) is 18.6 Å². The predicted octanol–water partition coefficient (Wildman–Crippen LogP) is 1.21. The maximum absolute atomic E-state index is 11.9. The molecule has 0 aromatic carbocycles. The molecule has 1 aliphatic rings. The lowest BCUT2D eigenvalue weighted by Gasteiger charge is -2.17. The topological polar surface area (TPSA) is 62.2 Å². The Bertz CT molecular complexity index is 399. The molecule has 0 radical (unpaired) electrons. The molecule has 2 N–H and O–H groups in total. The minimum absolute atomic E-state index is 0.0194. The standard InChI is InChI=1S/C14H20N2O2/c1-10-2-3-11(9-15-10)8-14(18)16-13(6-7-17)12-4-5-12/h2-3,9,12-13,17H,4-8H2,1H3,(H,16,18). The van der Waals surface area contributed by atoms with Crippen molar-refractivity contribution in [3.05, 3.63) is 29.6 Å². The fraction of sp³-hybridized carbons (Fsp3) is 0.571. The molecule has 2 rings (SSSR count). The minimum atomic E-state index is 0.0194. The first kappa shape index (κ1) is 13.0. The Kier molecular flexibility index (Phi) is 4.31. The van der Waals surface area contributed by atoms with Gasteiger partial charge in [0, 0.05) is 24.5 Å². The summed E-state index contributed by atoms with van der Waals surface area (Å²) in [6, 6.07) is 3.98. The van der Waals surface area contributed by atoms with E-state index in [2.05, 4.69) is 10.3 Å². The summed E-state index contributed by atoms with van der Waals surface area (Å²) < 4.78 is 0. The van der Waals surface area contributed by atoms with Gasteiger partial charge in [-0.15, -0.1) is 0 Å². The third kappa shape index (κ3) is 3.81. The van der Waals surface area contributed by atoms with Gasteiger partial charge in [-0.05, 0) is 43.7 Å². The van der Waals surface area contributed by atoms with Gasteiger partial charge in [0.05, 0.1) is 6.42 Å². The van der Waals surface area contributed by atoms with Crippen LogP contribution < -0.4 is 5.32 Å². The molecule has 0 saturated heterocycles. The highest BCUT2D eigenvalue weighted by Crippen LogP contribution is 2.33. The van der Waals surface area contributed by atoms with E-state index in [0.29, 0.717) is 18.8 Å². The van der Waals surface area contributed by atoms with Crippen LogP contribution in [0.2, 0.25) is 0 Å². The second-order valence-electron chi connectivity index (χ2n) is 5.01. The van der Waals surface area contributed by atoms with E-state index >= 15 is 0 Å². The van der Waals surface area contributed by atoms with E-state index in [0.717, 1.165) is 24.1 Å². The van der Waals surface area contributed by atoms with Crippen molar-refractivity contribution in [1.29, 1.82) is 0 Å². The summed E-state index contributed by atoms with van der Waals surface area (Å²) >= 11 is 0. The fourth-order valence-electron chi connectivity index (χ4n) is 2.11. The van der Waals surface area contributed by atoms with Crippen LogP contribution in [0.5, 0.6) is 0 Å². The molecule has 1 fully saturated rings. The molecule has 0 bridgehead atoms. The molecular formula is C14H20N2O2. The Labute approximate surface area is 107 Å². The van der Waals surface area contributed by atoms with Crippen molar-refractivity contribution >= 4 is 5.91 Å². The maximum atomic E-state index is 11.9. The van der Waals surface area contributed by atoms with Crippen LogP contribution in [-0.4, -0.2) is 28.6 Å². The first-order chi connectivity index (χ1) is 8.69. The second kappa shape index (κ2) is 5.96. The number of amides is 1. The van der Waals surface area contributed by atoms with Gasteiger partial charge in [0.2, 0.25) is 5.91 Å². The largest absolute Gasteiger partial charge is 0.396 e. The average Bonchev–Trinajstić information content (AvgIpc) is 3.16. The predicted molar refractivity (Wildman–Crippen MR) is 69.0 cm³/mol. The molecule has 4 nitrogen and oxygen atoms in total. The van der Waals surface area contributed by atoms with Crippen LogP contribution in [0.1, 0.15) is 30.5 Å². The lowest BCUT2D eigenvalue weighted by molar-refractivity contribution is -0.121. The molecule has 1 aromatic heterocycles. The van der Waals surface area contributed by atoms with Crippen molar-refractivity contribution in [2.45, 2.75) is 38.6 Å². The molecule has 1 amide bonds. The maximum Gasteiger partial charge on any atom is 0.224 e. The number of aliphatic hydroxyl groups is 1. The molecule has 4 heteroatoms. The van der Waals surface area contributed by atoms with Gasteiger partial charge >= 0.3 is 0 Å². The van der Waals surface area contributed by atoms with Gasteiger partial charge in [0.25, 0.3) is 0 Å². The summed E-state index contributed by atoms with van der Waals surface area (Å²) in [6.45, 7) is 2.06. The quantitative estimate of drug-likeness (QED) is 0.795. The number of hydrogen-bond donors (Lipinski definition) is 2. The second-order valence-corrected chi connectivity index (χ2v) is 5.01. The van der Waals surface area contributed by atoms with E-state index in [9.17, 15) is 4.79 Å². The Hall–Kier alpha value is -1.42. The molecule has 1 atom stereocenters. The van der Waals surface area contributed by atoms with Crippen LogP contribution >= 0.6 is 0 Å². The summed E-state index contributed by atoms with van der Waals surface area (Å²) in [5.74, 6) is 0.586. The molecule has 0 spiro atoms. The highest BCUT2D eigenvalue weighted by atomic mass is 16.3. The molecule has 1 unspecified atom stereocenters. The normalized spacial score (nSPS) is 16.3. The molecule has 1 aliphatic carbocycles. The summed E-state index contributed by atoms with van der Waals surface area (Å²) in [6.07, 6.45) is 5.09. The molecular weight excluding hydrogens is 228 g/mol.